The number of hydrogen-bond acceptors (Lipinski definition) is 7. The van der Waals surface area contributed by atoms with Crippen LogP contribution in [0.3, 0.4) is 0 Å². The molecule has 3 unspecified atom stereocenters. The molecular formula is C13H16F3N5O2. The molecule has 2 fully saturated rings. The van der Waals surface area contributed by atoms with Gasteiger partial charge in [0, 0.05) is 24.5 Å². The molecule has 7 nitrogen and oxygen atoms in total. The summed E-state index contributed by atoms with van der Waals surface area (Å²) < 4.78 is 42.3. The number of hydrazine groups is 2. The van der Waals surface area contributed by atoms with Crippen molar-refractivity contribution in [2.45, 2.75) is 37.5 Å². The lowest BCUT2D eigenvalue weighted by Gasteiger charge is -2.29. The van der Waals surface area contributed by atoms with Crippen LogP contribution in [-0.2, 0) is 10.9 Å². The molecule has 1 saturated carbocycles. The summed E-state index contributed by atoms with van der Waals surface area (Å²) in [4.78, 5) is 18.1. The number of rotatable bonds is 3. The molecule has 3 N–H and O–H groups in total. The minimum Gasteiger partial charge on any atom is -0.462 e. The summed E-state index contributed by atoms with van der Waals surface area (Å²) in [6.07, 6.45) is -0.244. The molecule has 23 heavy (non-hydrogen) atoms. The van der Waals surface area contributed by atoms with Crippen molar-refractivity contribution >= 4 is 5.97 Å². The van der Waals surface area contributed by atoms with E-state index in [1.807, 2.05) is 0 Å². The molecule has 10 heteroatoms. The fourth-order valence-electron chi connectivity index (χ4n) is 2.83. The smallest absolute Gasteiger partial charge is 0.451 e. The van der Waals surface area contributed by atoms with Gasteiger partial charge in [-0.1, -0.05) is 0 Å². The van der Waals surface area contributed by atoms with Crippen LogP contribution in [0.4, 0.5) is 13.2 Å². The first-order chi connectivity index (χ1) is 10.9. The number of halogens is 3. The molecule has 1 aliphatic carbocycles. The number of alkyl halides is 3. The first-order valence-electron chi connectivity index (χ1n) is 7.26. The van der Waals surface area contributed by atoms with Gasteiger partial charge in [-0.3, -0.25) is 0 Å². The van der Waals surface area contributed by atoms with Crippen LogP contribution in [-0.4, -0.2) is 34.6 Å². The Kier molecular flexibility index (Phi) is 4.46. The molecule has 126 valence electrons. The van der Waals surface area contributed by atoms with Crippen LogP contribution >= 0.6 is 0 Å². The predicted molar refractivity (Wildman–Crippen MR) is 71.6 cm³/mol. The number of nitrogens with one attached hydrogen (secondary N) is 3. The summed E-state index contributed by atoms with van der Waals surface area (Å²) in [5, 5.41) is 0. The molecule has 0 amide bonds. The zero-order valence-electron chi connectivity index (χ0n) is 12.1. The van der Waals surface area contributed by atoms with Gasteiger partial charge in [-0.15, -0.1) is 0 Å². The van der Waals surface area contributed by atoms with Crippen molar-refractivity contribution in [1.82, 2.24) is 26.4 Å². The van der Waals surface area contributed by atoms with E-state index in [4.69, 9.17) is 4.74 Å². The number of carbonyl (C=O) groups is 1. The number of ether oxygens (including phenoxy) is 1. The summed E-state index contributed by atoms with van der Waals surface area (Å²) in [5.74, 6) is -1.78. The maximum Gasteiger partial charge on any atom is 0.451 e. The van der Waals surface area contributed by atoms with E-state index in [2.05, 4.69) is 26.4 Å². The molecule has 1 aromatic rings. The van der Waals surface area contributed by atoms with Gasteiger partial charge in [-0.2, -0.15) is 18.7 Å². The number of aromatic nitrogens is 2. The number of nitrogens with zero attached hydrogens (tertiary/aromatic N) is 2. The minimum absolute atomic E-state index is 0.0889. The van der Waals surface area contributed by atoms with E-state index in [0.717, 1.165) is 31.7 Å². The molecule has 3 atom stereocenters. The van der Waals surface area contributed by atoms with Gasteiger partial charge in [-0.05, 0) is 25.2 Å². The van der Waals surface area contributed by atoms with Crippen molar-refractivity contribution in [2.24, 2.45) is 5.92 Å². The van der Waals surface area contributed by atoms with E-state index in [-0.39, 0.29) is 24.1 Å². The monoisotopic (exact) mass is 331 g/mol. The Balaban J connectivity index is 1.51. The van der Waals surface area contributed by atoms with Gasteiger partial charge >= 0.3 is 12.1 Å². The van der Waals surface area contributed by atoms with Crippen molar-refractivity contribution in [3.8, 4) is 0 Å². The molecule has 0 radical (unpaired) electrons. The van der Waals surface area contributed by atoms with E-state index in [1.54, 1.807) is 0 Å². The molecule has 2 aliphatic rings. The number of esters is 1. The fraction of sp³-hybridized carbons (Fsp3) is 0.615. The number of hydrogen-bond donors (Lipinski definition) is 3. The van der Waals surface area contributed by atoms with Crippen LogP contribution in [0, 0.1) is 5.92 Å². The summed E-state index contributed by atoms with van der Waals surface area (Å²) in [6.45, 7) is 0.227. The van der Waals surface area contributed by atoms with E-state index in [9.17, 15) is 18.0 Å². The third kappa shape index (κ3) is 3.77. The first kappa shape index (κ1) is 16.1. The highest BCUT2D eigenvalue weighted by atomic mass is 19.4. The lowest BCUT2D eigenvalue weighted by Crippen LogP contribution is -2.40. The summed E-state index contributed by atoms with van der Waals surface area (Å²) in [5.41, 5.74) is 9.00. The summed E-state index contributed by atoms with van der Waals surface area (Å²) in [7, 11) is 0. The number of carbonyl (C=O) groups excluding carboxylic acids is 1. The highest BCUT2D eigenvalue weighted by molar-refractivity contribution is 5.88. The molecule has 0 spiro atoms. The van der Waals surface area contributed by atoms with Crippen LogP contribution in [0.1, 0.15) is 35.4 Å². The second-order valence-electron chi connectivity index (χ2n) is 5.70. The minimum atomic E-state index is -4.63. The zero-order valence-corrected chi connectivity index (χ0v) is 12.1. The maximum absolute atomic E-state index is 12.4. The third-order valence-corrected chi connectivity index (χ3v) is 4.07. The van der Waals surface area contributed by atoms with Gasteiger partial charge in [-0.25, -0.2) is 25.6 Å². The first-order valence-corrected chi connectivity index (χ1v) is 7.26. The van der Waals surface area contributed by atoms with E-state index in [1.165, 1.54) is 0 Å². The SMILES string of the molecule is O=C(OCC1CCC2NNNC2C1)c1cnc(C(F)(F)F)nc1. The van der Waals surface area contributed by atoms with Crippen molar-refractivity contribution in [3.63, 3.8) is 0 Å². The van der Waals surface area contributed by atoms with E-state index < -0.39 is 18.0 Å². The van der Waals surface area contributed by atoms with Crippen LogP contribution in [0.15, 0.2) is 12.4 Å². The van der Waals surface area contributed by atoms with Gasteiger partial charge < -0.3 is 4.74 Å². The molecule has 2 heterocycles. The topological polar surface area (TPSA) is 88.2 Å². The van der Waals surface area contributed by atoms with Crippen LogP contribution in [0.2, 0.25) is 0 Å². The Labute approximate surface area is 130 Å². The standard InChI is InChI=1S/C13H16F3N5O2/c14-13(15,16)12-17-4-8(5-18-12)11(22)23-6-7-1-2-9-10(3-7)20-21-19-9/h4-5,7,9-10,19-21H,1-3,6H2. The molecule has 1 aliphatic heterocycles. The van der Waals surface area contributed by atoms with Gasteiger partial charge in [0.15, 0.2) is 0 Å². The highest BCUT2D eigenvalue weighted by Crippen LogP contribution is 2.27. The number of fused-ring (bicyclic) bond motifs is 1. The predicted octanol–water partition coefficient (Wildman–Crippen LogP) is 0.802. The molecule has 1 saturated heterocycles. The second-order valence-corrected chi connectivity index (χ2v) is 5.70. The summed E-state index contributed by atoms with van der Waals surface area (Å²) in [6, 6.07) is 0.645. The molecule has 1 aromatic heterocycles. The van der Waals surface area contributed by atoms with Gasteiger partial charge in [0.1, 0.15) is 0 Å². The quantitative estimate of drug-likeness (QED) is 0.706. The fourth-order valence-corrected chi connectivity index (χ4v) is 2.83. The van der Waals surface area contributed by atoms with Crippen molar-refractivity contribution < 1.29 is 22.7 Å². The Morgan fingerprint density at radius 1 is 1.22 bits per heavy atom. The Bertz CT molecular complexity index is 566. The lowest BCUT2D eigenvalue weighted by atomic mass is 9.83. The Morgan fingerprint density at radius 3 is 2.61 bits per heavy atom. The van der Waals surface area contributed by atoms with Gasteiger partial charge in [0.25, 0.3) is 0 Å². The van der Waals surface area contributed by atoms with Crippen LogP contribution < -0.4 is 16.4 Å². The largest absolute Gasteiger partial charge is 0.462 e. The molecule has 3 rings (SSSR count). The van der Waals surface area contributed by atoms with Crippen molar-refractivity contribution in [3.05, 3.63) is 23.8 Å². The van der Waals surface area contributed by atoms with Gasteiger partial charge in [0.2, 0.25) is 5.82 Å². The van der Waals surface area contributed by atoms with Gasteiger partial charge in [0.05, 0.1) is 12.2 Å². The average Bonchev–Trinajstić information content (AvgIpc) is 2.99. The normalized spacial score (nSPS) is 27.5. The molecule has 0 aromatic carbocycles. The third-order valence-electron chi connectivity index (χ3n) is 4.07. The van der Waals surface area contributed by atoms with Crippen molar-refractivity contribution in [2.75, 3.05) is 6.61 Å². The zero-order chi connectivity index (χ0) is 16.4. The Hall–Kier alpha value is -1.78. The second kappa shape index (κ2) is 6.38. The van der Waals surface area contributed by atoms with Crippen molar-refractivity contribution in [1.29, 1.82) is 0 Å². The van der Waals surface area contributed by atoms with Crippen LogP contribution in [0.5, 0.6) is 0 Å². The van der Waals surface area contributed by atoms with Crippen LogP contribution in [0.25, 0.3) is 0 Å². The molecule has 0 bridgehead atoms. The lowest BCUT2D eigenvalue weighted by molar-refractivity contribution is -0.145. The average molecular weight is 331 g/mol. The highest BCUT2D eigenvalue weighted by Gasteiger charge is 2.35. The van der Waals surface area contributed by atoms with E-state index in [0.29, 0.717) is 6.04 Å². The van der Waals surface area contributed by atoms with E-state index >= 15 is 0 Å². The molecular weight excluding hydrogens is 315 g/mol. The Morgan fingerprint density at radius 2 is 1.91 bits per heavy atom. The summed E-state index contributed by atoms with van der Waals surface area (Å²) >= 11 is 0. The maximum atomic E-state index is 12.4.